The third-order valence-electron chi connectivity index (χ3n) is 2.04. The number of ether oxygens (including phenoxy) is 2. The third kappa shape index (κ3) is 3.64. The molecule has 6 heteroatoms. The Morgan fingerprint density at radius 3 is 2.89 bits per heavy atom. The van der Waals surface area contributed by atoms with Crippen molar-refractivity contribution in [2.24, 2.45) is 0 Å². The standard InChI is InChI=1S/C12H12N2O4/c1-2-17-12(16)9-3-4-10(14-7-9)11(8-15)18-6-5-13/h3-4,7-8,11H,2,6H2,1H3. The first-order chi connectivity index (χ1) is 8.72. The maximum Gasteiger partial charge on any atom is 0.339 e. The average molecular weight is 248 g/mol. The van der Waals surface area contributed by atoms with Gasteiger partial charge < -0.3 is 9.47 Å². The number of esters is 1. The minimum absolute atomic E-state index is 0.204. The van der Waals surface area contributed by atoms with Gasteiger partial charge in [-0.1, -0.05) is 0 Å². The fourth-order valence-electron chi connectivity index (χ4n) is 1.23. The zero-order valence-corrected chi connectivity index (χ0v) is 9.83. The van der Waals surface area contributed by atoms with E-state index in [4.69, 9.17) is 14.7 Å². The number of carbonyl (C=O) groups excluding carboxylic acids is 2. The van der Waals surface area contributed by atoms with Crippen LogP contribution in [-0.4, -0.2) is 30.5 Å². The van der Waals surface area contributed by atoms with Crippen molar-refractivity contribution >= 4 is 12.3 Å². The van der Waals surface area contributed by atoms with Crippen molar-refractivity contribution in [3.63, 3.8) is 0 Å². The SMILES string of the molecule is CCOC(=O)c1ccc(C(C=O)OCC#N)nc1. The molecular weight excluding hydrogens is 236 g/mol. The molecule has 0 saturated heterocycles. The highest BCUT2D eigenvalue weighted by atomic mass is 16.5. The lowest BCUT2D eigenvalue weighted by Crippen LogP contribution is -2.10. The molecule has 0 spiro atoms. The molecule has 0 aliphatic rings. The molecular formula is C12H12N2O4. The molecule has 94 valence electrons. The Morgan fingerprint density at radius 1 is 1.61 bits per heavy atom. The minimum atomic E-state index is -0.902. The van der Waals surface area contributed by atoms with Gasteiger partial charge in [0.15, 0.2) is 12.4 Å². The van der Waals surface area contributed by atoms with Crippen LogP contribution in [0.25, 0.3) is 0 Å². The number of carbonyl (C=O) groups is 2. The van der Waals surface area contributed by atoms with Crippen molar-refractivity contribution in [2.45, 2.75) is 13.0 Å². The Morgan fingerprint density at radius 2 is 2.39 bits per heavy atom. The Kier molecular flexibility index (Phi) is 5.48. The number of pyridine rings is 1. The van der Waals surface area contributed by atoms with E-state index in [9.17, 15) is 9.59 Å². The van der Waals surface area contributed by atoms with Crippen LogP contribution in [0.4, 0.5) is 0 Å². The van der Waals surface area contributed by atoms with E-state index in [0.29, 0.717) is 17.5 Å². The quantitative estimate of drug-likeness (QED) is 0.552. The summed E-state index contributed by atoms with van der Waals surface area (Å²) in [6, 6.07) is 4.75. The van der Waals surface area contributed by atoms with Crippen molar-refractivity contribution in [1.29, 1.82) is 5.26 Å². The normalized spacial score (nSPS) is 11.3. The van der Waals surface area contributed by atoms with Crippen LogP contribution in [0.15, 0.2) is 18.3 Å². The van der Waals surface area contributed by atoms with Gasteiger partial charge in [0.2, 0.25) is 0 Å². The molecule has 0 amide bonds. The smallest absolute Gasteiger partial charge is 0.339 e. The highest BCUT2D eigenvalue weighted by Crippen LogP contribution is 2.13. The Bertz CT molecular complexity index is 450. The van der Waals surface area contributed by atoms with Gasteiger partial charge in [0.05, 0.1) is 23.9 Å². The summed E-state index contributed by atoms with van der Waals surface area (Å²) in [6.07, 6.45) is 0.949. The predicted octanol–water partition coefficient (Wildman–Crippen LogP) is 1.04. The Balaban J connectivity index is 2.77. The lowest BCUT2D eigenvalue weighted by Gasteiger charge is -2.09. The third-order valence-corrected chi connectivity index (χ3v) is 2.04. The molecule has 6 nitrogen and oxygen atoms in total. The van der Waals surface area contributed by atoms with Crippen molar-refractivity contribution in [1.82, 2.24) is 4.98 Å². The van der Waals surface area contributed by atoms with E-state index < -0.39 is 12.1 Å². The number of nitrogens with zero attached hydrogens (tertiary/aromatic N) is 2. The summed E-state index contributed by atoms with van der Waals surface area (Å²) in [7, 11) is 0. The van der Waals surface area contributed by atoms with Gasteiger partial charge in [0.1, 0.15) is 6.61 Å². The molecule has 18 heavy (non-hydrogen) atoms. The zero-order chi connectivity index (χ0) is 13.4. The molecule has 0 aromatic carbocycles. The van der Waals surface area contributed by atoms with Crippen LogP contribution in [0.5, 0.6) is 0 Å². The fraction of sp³-hybridized carbons (Fsp3) is 0.333. The minimum Gasteiger partial charge on any atom is -0.462 e. The van der Waals surface area contributed by atoms with Gasteiger partial charge in [-0.15, -0.1) is 0 Å². The van der Waals surface area contributed by atoms with Gasteiger partial charge in [-0.2, -0.15) is 5.26 Å². The summed E-state index contributed by atoms with van der Waals surface area (Å²) in [5, 5.41) is 8.36. The summed E-state index contributed by atoms with van der Waals surface area (Å²) in [4.78, 5) is 26.1. The maximum absolute atomic E-state index is 11.4. The predicted molar refractivity (Wildman–Crippen MR) is 60.6 cm³/mol. The van der Waals surface area contributed by atoms with Gasteiger partial charge in [0, 0.05) is 6.20 Å². The number of hydrogen-bond acceptors (Lipinski definition) is 6. The molecule has 0 fully saturated rings. The highest BCUT2D eigenvalue weighted by molar-refractivity contribution is 5.89. The van der Waals surface area contributed by atoms with E-state index in [1.54, 1.807) is 13.0 Å². The Hall–Kier alpha value is -2.26. The van der Waals surface area contributed by atoms with Crippen LogP contribution in [0.1, 0.15) is 29.1 Å². The van der Waals surface area contributed by atoms with Crippen LogP contribution in [0, 0.1) is 11.3 Å². The van der Waals surface area contributed by atoms with Gasteiger partial charge in [-0.3, -0.25) is 9.78 Å². The summed E-state index contributed by atoms with van der Waals surface area (Å²) in [6.45, 7) is 1.78. The van der Waals surface area contributed by atoms with E-state index in [-0.39, 0.29) is 13.2 Å². The molecule has 0 aliphatic carbocycles. The van der Waals surface area contributed by atoms with Crippen molar-refractivity contribution in [3.8, 4) is 6.07 Å². The van der Waals surface area contributed by atoms with Gasteiger partial charge in [-0.05, 0) is 19.1 Å². The van der Waals surface area contributed by atoms with E-state index in [1.807, 2.05) is 0 Å². The number of aromatic nitrogens is 1. The van der Waals surface area contributed by atoms with Crippen molar-refractivity contribution in [2.75, 3.05) is 13.2 Å². The first-order valence-corrected chi connectivity index (χ1v) is 5.29. The van der Waals surface area contributed by atoms with Crippen molar-refractivity contribution < 1.29 is 19.1 Å². The maximum atomic E-state index is 11.4. The first-order valence-electron chi connectivity index (χ1n) is 5.29. The monoisotopic (exact) mass is 248 g/mol. The molecule has 0 saturated carbocycles. The number of rotatable bonds is 6. The summed E-state index contributed by atoms with van der Waals surface area (Å²) >= 11 is 0. The number of nitriles is 1. The summed E-state index contributed by atoms with van der Waals surface area (Å²) in [5.74, 6) is -0.475. The average Bonchev–Trinajstić information content (AvgIpc) is 2.40. The molecule has 0 bridgehead atoms. The molecule has 1 aromatic heterocycles. The second-order valence-corrected chi connectivity index (χ2v) is 3.22. The molecule has 0 radical (unpaired) electrons. The number of aldehydes is 1. The lowest BCUT2D eigenvalue weighted by atomic mass is 10.2. The van der Waals surface area contributed by atoms with E-state index in [1.165, 1.54) is 18.3 Å². The highest BCUT2D eigenvalue weighted by Gasteiger charge is 2.14. The van der Waals surface area contributed by atoms with Gasteiger partial charge in [-0.25, -0.2) is 4.79 Å². The van der Waals surface area contributed by atoms with Crippen LogP contribution >= 0.6 is 0 Å². The van der Waals surface area contributed by atoms with E-state index in [0.717, 1.165) is 0 Å². The molecule has 1 rings (SSSR count). The summed E-state index contributed by atoms with van der Waals surface area (Å²) < 4.78 is 9.76. The molecule has 0 N–H and O–H groups in total. The topological polar surface area (TPSA) is 89.3 Å². The number of hydrogen-bond donors (Lipinski definition) is 0. The second-order valence-electron chi connectivity index (χ2n) is 3.22. The second kappa shape index (κ2) is 7.14. The van der Waals surface area contributed by atoms with Crippen LogP contribution in [0.3, 0.4) is 0 Å². The first kappa shape index (κ1) is 13.8. The fourth-order valence-corrected chi connectivity index (χ4v) is 1.23. The van der Waals surface area contributed by atoms with Crippen LogP contribution in [-0.2, 0) is 14.3 Å². The molecule has 1 unspecified atom stereocenters. The van der Waals surface area contributed by atoms with Crippen LogP contribution in [0.2, 0.25) is 0 Å². The summed E-state index contributed by atoms with van der Waals surface area (Å²) in [5.41, 5.74) is 0.638. The molecule has 1 atom stereocenters. The van der Waals surface area contributed by atoms with Crippen LogP contribution < -0.4 is 0 Å². The van der Waals surface area contributed by atoms with E-state index >= 15 is 0 Å². The van der Waals surface area contributed by atoms with Gasteiger partial charge >= 0.3 is 5.97 Å². The lowest BCUT2D eigenvalue weighted by molar-refractivity contribution is -0.117. The molecule has 0 aliphatic heterocycles. The molecule has 1 heterocycles. The van der Waals surface area contributed by atoms with E-state index in [2.05, 4.69) is 4.98 Å². The molecule has 1 aromatic rings. The Labute approximate surface area is 104 Å². The van der Waals surface area contributed by atoms with Gasteiger partial charge in [0.25, 0.3) is 0 Å². The zero-order valence-electron chi connectivity index (χ0n) is 9.83. The van der Waals surface area contributed by atoms with Crippen molar-refractivity contribution in [3.05, 3.63) is 29.6 Å². The largest absolute Gasteiger partial charge is 0.462 e.